The predicted molar refractivity (Wildman–Crippen MR) is 72.5 cm³/mol. The summed E-state index contributed by atoms with van der Waals surface area (Å²) in [5, 5.41) is 4.41. The summed E-state index contributed by atoms with van der Waals surface area (Å²) >= 11 is 0. The fourth-order valence-corrected chi connectivity index (χ4v) is 3.06. The summed E-state index contributed by atoms with van der Waals surface area (Å²) in [4.78, 5) is 12.3. The first-order chi connectivity index (χ1) is 8.60. The van der Waals surface area contributed by atoms with Crippen LogP contribution in [0, 0.1) is 18.8 Å². The van der Waals surface area contributed by atoms with E-state index < -0.39 is 0 Å². The number of carbonyl (C=O) groups is 1. The Morgan fingerprint density at radius 2 is 2.28 bits per heavy atom. The largest absolute Gasteiger partial charge is 0.299 e. The van der Waals surface area contributed by atoms with Crippen LogP contribution in [0.15, 0.2) is 6.07 Å². The Morgan fingerprint density at radius 1 is 1.50 bits per heavy atom. The normalized spacial score (nSPS) is 24.2. The van der Waals surface area contributed by atoms with Gasteiger partial charge in [-0.2, -0.15) is 5.10 Å². The number of carbonyl (C=O) groups excluding carboxylic acids is 1. The molecule has 0 bridgehead atoms. The van der Waals surface area contributed by atoms with E-state index >= 15 is 0 Å². The third-order valence-electron chi connectivity index (χ3n) is 4.03. The third kappa shape index (κ3) is 3.01. The fourth-order valence-electron chi connectivity index (χ4n) is 3.06. The van der Waals surface area contributed by atoms with Crippen molar-refractivity contribution in [3.8, 4) is 0 Å². The number of ketones is 1. The Balaban J connectivity index is 2.01. The Kier molecular flexibility index (Phi) is 4.20. The van der Waals surface area contributed by atoms with Crippen molar-refractivity contribution < 1.29 is 4.79 Å². The van der Waals surface area contributed by atoms with Crippen LogP contribution in [0.4, 0.5) is 0 Å². The van der Waals surface area contributed by atoms with Crippen LogP contribution in [0.25, 0.3) is 0 Å². The maximum Gasteiger partial charge on any atom is 0.141 e. The molecule has 0 aliphatic heterocycles. The standard InChI is InChI=1S/C15H24N2O/c1-4-17-14(9-12(3)16-17)10-15(18)13-7-5-6-11(2)8-13/h9,11,13H,4-8,10H2,1-3H3. The van der Waals surface area contributed by atoms with E-state index in [0.29, 0.717) is 18.1 Å². The van der Waals surface area contributed by atoms with E-state index in [-0.39, 0.29) is 5.92 Å². The summed E-state index contributed by atoms with van der Waals surface area (Å²) in [5.74, 6) is 1.41. The smallest absolute Gasteiger partial charge is 0.141 e. The molecule has 100 valence electrons. The molecular weight excluding hydrogens is 224 g/mol. The van der Waals surface area contributed by atoms with E-state index in [9.17, 15) is 4.79 Å². The van der Waals surface area contributed by atoms with Gasteiger partial charge in [0.25, 0.3) is 0 Å². The summed E-state index contributed by atoms with van der Waals surface area (Å²) in [6.45, 7) is 7.17. The molecule has 18 heavy (non-hydrogen) atoms. The molecule has 0 N–H and O–H groups in total. The predicted octanol–water partition coefficient (Wildman–Crippen LogP) is 3.15. The highest BCUT2D eigenvalue weighted by molar-refractivity contribution is 5.83. The number of rotatable bonds is 4. The molecule has 2 atom stereocenters. The van der Waals surface area contributed by atoms with Gasteiger partial charge >= 0.3 is 0 Å². The van der Waals surface area contributed by atoms with E-state index in [4.69, 9.17) is 0 Å². The average molecular weight is 248 g/mol. The summed E-state index contributed by atoms with van der Waals surface area (Å²) < 4.78 is 1.96. The molecule has 3 heteroatoms. The fraction of sp³-hybridized carbons (Fsp3) is 0.733. The molecule has 0 spiro atoms. The van der Waals surface area contributed by atoms with Crippen LogP contribution in [0.3, 0.4) is 0 Å². The average Bonchev–Trinajstić information content (AvgIpc) is 2.69. The third-order valence-corrected chi connectivity index (χ3v) is 4.03. The zero-order chi connectivity index (χ0) is 13.1. The van der Waals surface area contributed by atoms with E-state index in [1.165, 1.54) is 12.8 Å². The van der Waals surface area contributed by atoms with Crippen LogP contribution < -0.4 is 0 Å². The molecule has 1 saturated carbocycles. The Hall–Kier alpha value is -1.12. The highest BCUT2D eigenvalue weighted by atomic mass is 16.1. The van der Waals surface area contributed by atoms with Gasteiger partial charge in [0.05, 0.1) is 5.69 Å². The number of nitrogens with zero attached hydrogens (tertiary/aromatic N) is 2. The molecule has 1 aliphatic carbocycles. The van der Waals surface area contributed by atoms with E-state index in [1.807, 2.05) is 17.7 Å². The number of hydrogen-bond acceptors (Lipinski definition) is 2. The topological polar surface area (TPSA) is 34.9 Å². The highest BCUT2D eigenvalue weighted by Gasteiger charge is 2.25. The summed E-state index contributed by atoms with van der Waals surface area (Å²) in [7, 11) is 0. The lowest BCUT2D eigenvalue weighted by Gasteiger charge is -2.25. The summed E-state index contributed by atoms with van der Waals surface area (Å²) in [5.41, 5.74) is 2.09. The van der Waals surface area contributed by atoms with Gasteiger partial charge in [0.1, 0.15) is 5.78 Å². The van der Waals surface area contributed by atoms with Crippen LogP contribution >= 0.6 is 0 Å². The molecule has 0 aromatic carbocycles. The van der Waals surface area contributed by atoms with Gasteiger partial charge in [-0.05, 0) is 38.7 Å². The number of hydrogen-bond donors (Lipinski definition) is 0. The van der Waals surface area contributed by atoms with Crippen molar-refractivity contribution >= 4 is 5.78 Å². The molecule has 0 saturated heterocycles. The van der Waals surface area contributed by atoms with Gasteiger partial charge in [-0.1, -0.05) is 19.8 Å². The van der Waals surface area contributed by atoms with Gasteiger partial charge in [0, 0.05) is 24.6 Å². The van der Waals surface area contributed by atoms with Crippen LogP contribution in [-0.2, 0) is 17.8 Å². The second-order valence-corrected chi connectivity index (χ2v) is 5.70. The maximum absolute atomic E-state index is 12.3. The minimum Gasteiger partial charge on any atom is -0.299 e. The van der Waals surface area contributed by atoms with Crippen LogP contribution in [-0.4, -0.2) is 15.6 Å². The van der Waals surface area contributed by atoms with Crippen molar-refractivity contribution in [1.29, 1.82) is 0 Å². The lowest BCUT2D eigenvalue weighted by atomic mass is 9.79. The minimum atomic E-state index is 0.286. The van der Waals surface area contributed by atoms with Gasteiger partial charge in [-0.3, -0.25) is 9.48 Å². The van der Waals surface area contributed by atoms with Crippen molar-refractivity contribution in [3.63, 3.8) is 0 Å². The molecule has 2 rings (SSSR count). The SMILES string of the molecule is CCn1nc(C)cc1CC(=O)C1CCCC(C)C1. The lowest BCUT2D eigenvalue weighted by molar-refractivity contribution is -0.123. The molecule has 3 nitrogen and oxygen atoms in total. The number of Topliss-reactive ketones (excluding diaryl/α,β-unsaturated/α-hetero) is 1. The highest BCUT2D eigenvalue weighted by Crippen LogP contribution is 2.29. The first kappa shape index (κ1) is 13.3. The van der Waals surface area contributed by atoms with Gasteiger partial charge in [0.15, 0.2) is 0 Å². The van der Waals surface area contributed by atoms with Crippen LogP contribution in [0.2, 0.25) is 0 Å². The Labute approximate surface area is 110 Å². The summed E-state index contributed by atoms with van der Waals surface area (Å²) in [6.07, 6.45) is 5.23. The Morgan fingerprint density at radius 3 is 2.94 bits per heavy atom. The monoisotopic (exact) mass is 248 g/mol. The second kappa shape index (κ2) is 5.68. The molecule has 1 aromatic heterocycles. The molecule has 1 heterocycles. The molecule has 1 fully saturated rings. The first-order valence-corrected chi connectivity index (χ1v) is 7.16. The van der Waals surface area contributed by atoms with Crippen LogP contribution in [0.1, 0.15) is 50.9 Å². The second-order valence-electron chi connectivity index (χ2n) is 5.70. The first-order valence-electron chi connectivity index (χ1n) is 7.16. The number of aromatic nitrogens is 2. The zero-order valence-corrected chi connectivity index (χ0v) is 11.8. The van der Waals surface area contributed by atoms with Gasteiger partial charge < -0.3 is 0 Å². The lowest BCUT2D eigenvalue weighted by Crippen LogP contribution is -2.24. The molecule has 2 unspecified atom stereocenters. The zero-order valence-electron chi connectivity index (χ0n) is 11.8. The van der Waals surface area contributed by atoms with Gasteiger partial charge in [0.2, 0.25) is 0 Å². The van der Waals surface area contributed by atoms with Crippen LogP contribution in [0.5, 0.6) is 0 Å². The van der Waals surface area contributed by atoms with E-state index in [1.54, 1.807) is 0 Å². The van der Waals surface area contributed by atoms with Crippen molar-refractivity contribution in [1.82, 2.24) is 9.78 Å². The van der Waals surface area contributed by atoms with Crippen molar-refractivity contribution in [3.05, 3.63) is 17.5 Å². The molecule has 0 radical (unpaired) electrons. The van der Waals surface area contributed by atoms with Crippen molar-refractivity contribution in [2.75, 3.05) is 0 Å². The van der Waals surface area contributed by atoms with Gasteiger partial charge in [-0.25, -0.2) is 0 Å². The quantitative estimate of drug-likeness (QED) is 0.820. The molecule has 1 aliphatic rings. The molecular formula is C15H24N2O. The van der Waals surface area contributed by atoms with Crippen molar-refractivity contribution in [2.24, 2.45) is 11.8 Å². The summed E-state index contributed by atoms with van der Waals surface area (Å²) in [6, 6.07) is 2.05. The van der Waals surface area contributed by atoms with Gasteiger partial charge in [-0.15, -0.1) is 0 Å². The minimum absolute atomic E-state index is 0.286. The van der Waals surface area contributed by atoms with E-state index in [0.717, 1.165) is 30.8 Å². The van der Waals surface area contributed by atoms with Crippen molar-refractivity contribution in [2.45, 2.75) is 59.4 Å². The Bertz CT molecular complexity index is 422. The molecule has 0 amide bonds. The van der Waals surface area contributed by atoms with E-state index in [2.05, 4.69) is 18.9 Å². The molecule has 1 aromatic rings. The number of aryl methyl sites for hydroxylation is 2. The maximum atomic E-state index is 12.3.